The van der Waals surface area contributed by atoms with Crippen LogP contribution in [0.4, 0.5) is 5.69 Å². The van der Waals surface area contributed by atoms with Gasteiger partial charge in [0, 0.05) is 73.6 Å². The van der Waals surface area contributed by atoms with E-state index in [4.69, 9.17) is 32.9 Å². The van der Waals surface area contributed by atoms with E-state index < -0.39 is 0 Å². The van der Waals surface area contributed by atoms with Crippen molar-refractivity contribution in [3.8, 4) is 28.3 Å². The Morgan fingerprint density at radius 1 is 1.02 bits per heavy atom. The van der Waals surface area contributed by atoms with Gasteiger partial charge in [-0.25, -0.2) is 9.97 Å². The van der Waals surface area contributed by atoms with Gasteiger partial charge in [0.05, 0.1) is 40.8 Å². The minimum absolute atomic E-state index is 0.145. The Bertz CT molecular complexity index is 1690. The standard InChI is InChI=1S/C32H34Cl2N6O3/c1-38-14-13-27-26(17-38)35-30(39(27)2)31(42)36-25-9-5-7-22(29(25)34)21-6-4-8-23(28(21)33)24-11-10-19(32(37-24)43-3)16-40-15-12-20(40)18-41/h4-11,20,41H,12-18H2,1-3H3,(H,36,42)/t20-/m0/s1. The summed E-state index contributed by atoms with van der Waals surface area (Å²) in [4.78, 5) is 27.1. The number of benzene rings is 2. The molecule has 0 unspecified atom stereocenters. The van der Waals surface area contributed by atoms with E-state index in [9.17, 15) is 9.90 Å². The van der Waals surface area contributed by atoms with Crippen LogP contribution in [0.5, 0.6) is 5.88 Å². The number of amides is 1. The van der Waals surface area contributed by atoms with Crippen molar-refractivity contribution in [2.75, 3.05) is 39.2 Å². The molecule has 0 bridgehead atoms. The van der Waals surface area contributed by atoms with Gasteiger partial charge in [-0.1, -0.05) is 59.6 Å². The molecular formula is C32H34Cl2N6O3. The highest BCUT2D eigenvalue weighted by atomic mass is 35.5. The quantitative estimate of drug-likeness (QED) is 0.277. The molecule has 2 aliphatic heterocycles. The molecule has 0 saturated carbocycles. The smallest absolute Gasteiger partial charge is 0.291 e. The Balaban J connectivity index is 1.27. The monoisotopic (exact) mass is 620 g/mol. The molecule has 9 nitrogen and oxygen atoms in total. The van der Waals surface area contributed by atoms with Crippen LogP contribution in [-0.2, 0) is 26.6 Å². The van der Waals surface area contributed by atoms with Gasteiger partial charge in [0.1, 0.15) is 0 Å². The van der Waals surface area contributed by atoms with E-state index in [-0.39, 0.29) is 18.6 Å². The molecule has 0 radical (unpaired) electrons. The minimum atomic E-state index is -0.321. The highest BCUT2D eigenvalue weighted by molar-refractivity contribution is 6.39. The lowest BCUT2D eigenvalue weighted by molar-refractivity contribution is 0.0349. The molecule has 2 aromatic carbocycles. The van der Waals surface area contributed by atoms with Crippen LogP contribution in [0.25, 0.3) is 22.4 Å². The van der Waals surface area contributed by atoms with E-state index in [1.54, 1.807) is 13.2 Å². The van der Waals surface area contributed by atoms with E-state index in [2.05, 4.69) is 20.1 Å². The number of aliphatic hydroxyl groups excluding tert-OH is 1. The number of imidazole rings is 1. The van der Waals surface area contributed by atoms with Crippen molar-refractivity contribution in [1.29, 1.82) is 0 Å². The number of ether oxygens (including phenoxy) is 1. The van der Waals surface area contributed by atoms with Gasteiger partial charge in [0.2, 0.25) is 5.88 Å². The van der Waals surface area contributed by atoms with Gasteiger partial charge >= 0.3 is 0 Å². The normalized spacial score (nSPS) is 16.9. The Hall–Kier alpha value is -3.47. The zero-order valence-electron chi connectivity index (χ0n) is 24.4. The fraction of sp³-hybridized carbons (Fsp3) is 0.344. The van der Waals surface area contributed by atoms with Gasteiger partial charge in [-0.05, 0) is 25.6 Å². The predicted octanol–water partition coefficient (Wildman–Crippen LogP) is 5.27. The molecule has 1 atom stereocenters. The average molecular weight is 622 g/mol. The number of likely N-dealkylation sites (tertiary alicyclic amines) is 1. The third kappa shape index (κ3) is 5.63. The molecule has 4 aromatic rings. The first-order valence-corrected chi connectivity index (χ1v) is 15.1. The third-order valence-electron chi connectivity index (χ3n) is 8.44. The summed E-state index contributed by atoms with van der Waals surface area (Å²) >= 11 is 13.9. The number of hydrogen-bond acceptors (Lipinski definition) is 7. The number of likely N-dealkylation sites (N-methyl/N-ethyl adjacent to an activating group) is 1. The summed E-state index contributed by atoms with van der Waals surface area (Å²) in [7, 11) is 5.53. The number of anilines is 1. The summed E-state index contributed by atoms with van der Waals surface area (Å²) in [5, 5.41) is 13.4. The second-order valence-electron chi connectivity index (χ2n) is 11.1. The Labute approximate surface area is 261 Å². The van der Waals surface area contributed by atoms with E-state index in [1.807, 2.05) is 61.1 Å². The van der Waals surface area contributed by atoms with Crippen molar-refractivity contribution < 1.29 is 14.6 Å². The maximum atomic E-state index is 13.3. The van der Waals surface area contributed by atoms with Gasteiger partial charge in [0.25, 0.3) is 5.91 Å². The summed E-state index contributed by atoms with van der Waals surface area (Å²) in [6, 6.07) is 15.3. The highest BCUT2D eigenvalue weighted by Crippen LogP contribution is 2.41. The number of nitrogens with zero attached hydrogens (tertiary/aromatic N) is 5. The summed E-state index contributed by atoms with van der Waals surface area (Å²) in [6.45, 7) is 3.38. The number of fused-ring (bicyclic) bond motifs is 1. The van der Waals surface area contributed by atoms with Crippen molar-refractivity contribution in [1.82, 2.24) is 24.3 Å². The lowest BCUT2D eigenvalue weighted by Crippen LogP contribution is -2.49. The van der Waals surface area contributed by atoms with Crippen LogP contribution >= 0.6 is 23.2 Å². The summed E-state index contributed by atoms with van der Waals surface area (Å²) < 4.78 is 7.51. The molecule has 11 heteroatoms. The number of hydrogen-bond donors (Lipinski definition) is 2. The highest BCUT2D eigenvalue weighted by Gasteiger charge is 2.28. The SMILES string of the molecule is COc1nc(-c2cccc(-c3cccc(NC(=O)c4nc5c(n4C)CCN(C)C5)c3Cl)c2Cl)ccc1CN1CC[C@H]1CO. The Morgan fingerprint density at radius 2 is 1.77 bits per heavy atom. The van der Waals surface area contributed by atoms with Crippen LogP contribution in [0, 0.1) is 0 Å². The molecule has 0 aliphatic carbocycles. The fourth-order valence-electron chi connectivity index (χ4n) is 5.86. The first-order chi connectivity index (χ1) is 20.8. The van der Waals surface area contributed by atoms with Gasteiger partial charge in [-0.15, -0.1) is 0 Å². The van der Waals surface area contributed by atoms with Crippen LogP contribution in [0.3, 0.4) is 0 Å². The molecule has 1 amide bonds. The van der Waals surface area contributed by atoms with Gasteiger partial charge in [-0.2, -0.15) is 0 Å². The molecule has 43 heavy (non-hydrogen) atoms. The van der Waals surface area contributed by atoms with Crippen LogP contribution in [0.15, 0.2) is 48.5 Å². The molecule has 2 aromatic heterocycles. The Morgan fingerprint density at radius 3 is 2.49 bits per heavy atom. The zero-order chi connectivity index (χ0) is 30.2. The summed E-state index contributed by atoms with van der Waals surface area (Å²) in [5.41, 5.74) is 6.23. The minimum Gasteiger partial charge on any atom is -0.481 e. The summed E-state index contributed by atoms with van der Waals surface area (Å²) in [5.74, 6) is 0.553. The number of carbonyl (C=O) groups excluding carboxylic acids is 1. The van der Waals surface area contributed by atoms with E-state index >= 15 is 0 Å². The van der Waals surface area contributed by atoms with Crippen molar-refractivity contribution in [2.45, 2.75) is 32.0 Å². The molecule has 1 saturated heterocycles. The van der Waals surface area contributed by atoms with Crippen LogP contribution in [0.1, 0.15) is 34.0 Å². The first-order valence-electron chi connectivity index (χ1n) is 14.3. The molecule has 224 valence electrons. The van der Waals surface area contributed by atoms with Crippen LogP contribution < -0.4 is 10.1 Å². The molecular weight excluding hydrogens is 587 g/mol. The molecule has 6 rings (SSSR count). The van der Waals surface area contributed by atoms with Crippen molar-refractivity contribution in [2.24, 2.45) is 7.05 Å². The number of methoxy groups -OCH3 is 1. The Kier molecular flexibility index (Phi) is 8.44. The molecule has 0 spiro atoms. The van der Waals surface area contributed by atoms with Crippen LogP contribution in [0.2, 0.25) is 10.0 Å². The van der Waals surface area contributed by atoms with E-state index in [1.165, 1.54) is 0 Å². The van der Waals surface area contributed by atoms with Gasteiger partial charge in [-0.3, -0.25) is 9.69 Å². The maximum Gasteiger partial charge on any atom is 0.291 e. The second kappa shape index (κ2) is 12.3. The summed E-state index contributed by atoms with van der Waals surface area (Å²) in [6.07, 6.45) is 1.84. The third-order valence-corrected chi connectivity index (χ3v) is 9.26. The number of aliphatic hydroxyl groups is 1. The number of carbonyl (C=O) groups is 1. The lowest BCUT2D eigenvalue weighted by atomic mass is 9.99. The topological polar surface area (TPSA) is 95.7 Å². The van der Waals surface area contributed by atoms with E-state index in [0.29, 0.717) is 57.3 Å². The number of pyridine rings is 1. The number of nitrogens with one attached hydrogen (secondary N) is 1. The number of halogens is 2. The van der Waals surface area contributed by atoms with Crippen molar-refractivity contribution in [3.63, 3.8) is 0 Å². The largest absolute Gasteiger partial charge is 0.481 e. The van der Waals surface area contributed by atoms with Crippen molar-refractivity contribution in [3.05, 3.63) is 81.4 Å². The number of rotatable bonds is 8. The second-order valence-corrected chi connectivity index (χ2v) is 11.9. The predicted molar refractivity (Wildman–Crippen MR) is 169 cm³/mol. The fourth-order valence-corrected chi connectivity index (χ4v) is 6.46. The molecule has 2 N–H and O–H groups in total. The molecule has 4 heterocycles. The van der Waals surface area contributed by atoms with Gasteiger partial charge < -0.3 is 24.6 Å². The average Bonchev–Trinajstić information content (AvgIpc) is 3.32. The van der Waals surface area contributed by atoms with Crippen molar-refractivity contribution >= 4 is 34.8 Å². The molecule has 1 fully saturated rings. The van der Waals surface area contributed by atoms with E-state index in [0.717, 1.165) is 48.4 Å². The van der Waals surface area contributed by atoms with Crippen LogP contribution in [-0.4, -0.2) is 75.2 Å². The molecule has 2 aliphatic rings. The van der Waals surface area contributed by atoms with Gasteiger partial charge in [0.15, 0.2) is 5.82 Å². The zero-order valence-corrected chi connectivity index (χ0v) is 25.9. The first kappa shape index (κ1) is 29.6. The number of aromatic nitrogens is 3. The maximum absolute atomic E-state index is 13.3. The lowest BCUT2D eigenvalue weighted by Gasteiger charge is -2.39.